The molecule has 3 heterocycles. The number of rotatable bonds is 2. The van der Waals surface area contributed by atoms with Crippen molar-refractivity contribution in [1.29, 1.82) is 5.26 Å². The number of hydrogen-bond donors (Lipinski definition) is 0. The predicted octanol–water partition coefficient (Wildman–Crippen LogP) is 3.23. The van der Waals surface area contributed by atoms with Crippen molar-refractivity contribution in [3.63, 3.8) is 0 Å². The topological polar surface area (TPSA) is 56.6 Å². The van der Waals surface area contributed by atoms with Crippen LogP contribution in [0.2, 0.25) is 4.34 Å². The van der Waals surface area contributed by atoms with Crippen LogP contribution in [-0.4, -0.2) is 55.2 Å². The van der Waals surface area contributed by atoms with E-state index in [0.29, 0.717) is 30.6 Å². The number of carbonyl (C=O) groups is 1. The normalized spacial score (nSPS) is 18.3. The number of hydrogen-bond acceptors (Lipinski definition) is 4. The third-order valence-electron chi connectivity index (χ3n) is 4.39. The highest BCUT2D eigenvalue weighted by atomic mass is 35.5. The van der Waals surface area contributed by atoms with Crippen LogP contribution in [0.3, 0.4) is 0 Å². The van der Waals surface area contributed by atoms with Gasteiger partial charge >= 0.3 is 6.03 Å². The lowest BCUT2D eigenvalue weighted by atomic mass is 9.97. The molecular formula is C16H18ClN3O2S. The highest BCUT2D eigenvalue weighted by Gasteiger charge is 2.31. The number of urea groups is 1. The van der Waals surface area contributed by atoms with Crippen molar-refractivity contribution in [3.8, 4) is 6.07 Å². The van der Waals surface area contributed by atoms with Gasteiger partial charge in [0.15, 0.2) is 0 Å². The van der Waals surface area contributed by atoms with Crippen LogP contribution in [0, 0.1) is 11.3 Å². The first-order chi connectivity index (χ1) is 11.1. The molecule has 1 aromatic heterocycles. The third kappa shape index (κ3) is 3.37. The number of nitrogens with zero attached hydrogens (tertiary/aromatic N) is 3. The summed E-state index contributed by atoms with van der Waals surface area (Å²) in [5.41, 5.74) is 1.83. The largest absolute Gasteiger partial charge is 0.377 e. The summed E-state index contributed by atoms with van der Waals surface area (Å²) in [5, 5.41) is 9.47. The van der Waals surface area contributed by atoms with Crippen molar-refractivity contribution in [3.05, 3.63) is 26.9 Å². The Morgan fingerprint density at radius 1 is 1.43 bits per heavy atom. The lowest BCUT2D eigenvalue weighted by Gasteiger charge is -2.39. The summed E-state index contributed by atoms with van der Waals surface area (Å²) in [7, 11) is 1.83. The van der Waals surface area contributed by atoms with Gasteiger partial charge in [-0.05, 0) is 30.5 Å². The van der Waals surface area contributed by atoms with E-state index < -0.39 is 0 Å². The van der Waals surface area contributed by atoms with Gasteiger partial charge in [-0.2, -0.15) is 5.26 Å². The van der Waals surface area contributed by atoms with E-state index in [4.69, 9.17) is 16.3 Å². The minimum Gasteiger partial charge on any atom is -0.377 e. The molecule has 2 aliphatic heterocycles. The minimum absolute atomic E-state index is 0.0509. The molecule has 2 aliphatic rings. The van der Waals surface area contributed by atoms with Crippen LogP contribution < -0.4 is 0 Å². The number of thiophene rings is 1. The van der Waals surface area contributed by atoms with Crippen molar-refractivity contribution < 1.29 is 9.53 Å². The maximum atomic E-state index is 12.5. The summed E-state index contributed by atoms with van der Waals surface area (Å²) < 4.78 is 5.83. The molecular weight excluding hydrogens is 334 g/mol. The van der Waals surface area contributed by atoms with E-state index in [1.807, 2.05) is 24.1 Å². The first-order valence-electron chi connectivity index (χ1n) is 7.57. The number of amides is 2. The maximum absolute atomic E-state index is 12.5. The summed E-state index contributed by atoms with van der Waals surface area (Å²) in [6.45, 7) is 2.55. The monoisotopic (exact) mass is 351 g/mol. The number of piperidine rings is 1. The molecule has 0 saturated carbocycles. The highest BCUT2D eigenvalue weighted by Crippen LogP contribution is 2.32. The highest BCUT2D eigenvalue weighted by molar-refractivity contribution is 7.17. The van der Waals surface area contributed by atoms with Crippen molar-refractivity contribution in [1.82, 2.24) is 9.80 Å². The zero-order valence-electron chi connectivity index (χ0n) is 12.9. The number of halogens is 1. The fraction of sp³-hybridized carbons (Fsp3) is 0.500. The van der Waals surface area contributed by atoms with Gasteiger partial charge in [0.25, 0.3) is 0 Å². The molecule has 0 aromatic carbocycles. The van der Waals surface area contributed by atoms with Gasteiger partial charge in [-0.15, -0.1) is 11.3 Å². The average Bonchev–Trinajstić information content (AvgIpc) is 2.92. The van der Waals surface area contributed by atoms with Crippen molar-refractivity contribution in [2.45, 2.75) is 18.9 Å². The van der Waals surface area contributed by atoms with Gasteiger partial charge in [-0.25, -0.2) is 4.79 Å². The van der Waals surface area contributed by atoms with Crippen LogP contribution in [0.5, 0.6) is 0 Å². The van der Waals surface area contributed by atoms with E-state index >= 15 is 0 Å². The Kier molecular flexibility index (Phi) is 4.90. The lowest BCUT2D eigenvalue weighted by Crippen LogP contribution is -2.54. The summed E-state index contributed by atoms with van der Waals surface area (Å²) in [4.78, 5) is 17.0. The van der Waals surface area contributed by atoms with E-state index in [-0.39, 0.29) is 12.1 Å². The molecule has 3 rings (SSSR count). The molecule has 0 radical (unpaired) electrons. The Morgan fingerprint density at radius 3 is 2.61 bits per heavy atom. The van der Waals surface area contributed by atoms with Gasteiger partial charge in [-0.1, -0.05) is 11.6 Å². The first-order valence-corrected chi connectivity index (χ1v) is 8.77. The van der Waals surface area contributed by atoms with Crippen LogP contribution in [-0.2, 0) is 4.74 Å². The summed E-state index contributed by atoms with van der Waals surface area (Å²) in [6, 6.07) is 6.26. The fourth-order valence-electron chi connectivity index (χ4n) is 2.80. The molecule has 1 aromatic rings. The van der Waals surface area contributed by atoms with Gasteiger partial charge in [0.05, 0.1) is 29.2 Å². The number of likely N-dealkylation sites (tertiary alicyclic amines) is 1. The Bertz CT molecular complexity index is 665. The summed E-state index contributed by atoms with van der Waals surface area (Å²) in [5.74, 6) is 0. The lowest BCUT2D eigenvalue weighted by molar-refractivity contribution is -0.0461. The maximum Gasteiger partial charge on any atom is 0.320 e. The van der Waals surface area contributed by atoms with Gasteiger partial charge in [0, 0.05) is 25.0 Å². The zero-order valence-corrected chi connectivity index (χ0v) is 14.5. The second-order valence-electron chi connectivity index (χ2n) is 5.77. The zero-order chi connectivity index (χ0) is 16.4. The summed E-state index contributed by atoms with van der Waals surface area (Å²) >= 11 is 7.39. The van der Waals surface area contributed by atoms with E-state index in [0.717, 1.165) is 28.9 Å². The van der Waals surface area contributed by atoms with Crippen molar-refractivity contribution >= 4 is 34.5 Å². The molecule has 2 amide bonds. The SMILES string of the molecule is CN(C(=O)N1CCC(=C(C#N)c2ccc(Cl)s2)CC1)C1COC1. The van der Waals surface area contributed by atoms with Crippen LogP contribution in [0.25, 0.3) is 5.57 Å². The smallest absolute Gasteiger partial charge is 0.320 e. The minimum atomic E-state index is 0.0509. The van der Waals surface area contributed by atoms with E-state index in [1.165, 1.54) is 11.3 Å². The Labute approximate surface area is 144 Å². The number of likely N-dealkylation sites (N-methyl/N-ethyl adjacent to an activating group) is 1. The standard InChI is InChI=1S/C16H18ClN3O2S/c1-19(12-9-22-10-12)16(21)20-6-4-11(5-7-20)13(8-18)14-2-3-15(17)23-14/h2-3,12H,4-7,9-10H2,1H3. The Morgan fingerprint density at radius 2 is 2.13 bits per heavy atom. The number of ether oxygens (including phenoxy) is 1. The molecule has 0 spiro atoms. The first kappa shape index (κ1) is 16.3. The van der Waals surface area contributed by atoms with Crippen molar-refractivity contribution in [2.24, 2.45) is 0 Å². The molecule has 0 bridgehead atoms. The van der Waals surface area contributed by atoms with Gasteiger partial charge < -0.3 is 14.5 Å². The molecule has 2 fully saturated rings. The molecule has 0 N–H and O–H groups in total. The molecule has 122 valence electrons. The van der Waals surface area contributed by atoms with E-state index in [9.17, 15) is 10.1 Å². The van der Waals surface area contributed by atoms with Crippen LogP contribution in [0.15, 0.2) is 17.7 Å². The predicted molar refractivity (Wildman–Crippen MR) is 90.4 cm³/mol. The van der Waals surface area contributed by atoms with E-state index in [1.54, 1.807) is 4.90 Å². The molecule has 0 aliphatic carbocycles. The quantitative estimate of drug-likeness (QED) is 0.769. The van der Waals surface area contributed by atoms with Gasteiger partial charge in [0.1, 0.15) is 6.07 Å². The number of nitriles is 1. The summed E-state index contributed by atoms with van der Waals surface area (Å²) in [6.07, 6.45) is 1.47. The van der Waals surface area contributed by atoms with Gasteiger partial charge in [0.2, 0.25) is 0 Å². The molecule has 0 atom stereocenters. The Hall–Kier alpha value is -1.55. The molecule has 0 unspecified atom stereocenters. The Balaban J connectivity index is 1.66. The van der Waals surface area contributed by atoms with Crippen LogP contribution in [0.1, 0.15) is 17.7 Å². The number of carbonyl (C=O) groups excluding carboxylic acids is 1. The van der Waals surface area contributed by atoms with Crippen LogP contribution >= 0.6 is 22.9 Å². The molecule has 2 saturated heterocycles. The van der Waals surface area contributed by atoms with Gasteiger partial charge in [-0.3, -0.25) is 0 Å². The molecule has 23 heavy (non-hydrogen) atoms. The number of allylic oxidation sites excluding steroid dienone is 1. The van der Waals surface area contributed by atoms with E-state index in [2.05, 4.69) is 6.07 Å². The molecule has 5 nitrogen and oxygen atoms in total. The second kappa shape index (κ2) is 6.91. The third-order valence-corrected chi connectivity index (χ3v) is 5.64. The fourth-order valence-corrected chi connectivity index (χ4v) is 3.89. The second-order valence-corrected chi connectivity index (χ2v) is 7.48. The van der Waals surface area contributed by atoms with Crippen molar-refractivity contribution in [2.75, 3.05) is 33.4 Å². The van der Waals surface area contributed by atoms with Crippen LogP contribution in [0.4, 0.5) is 4.79 Å². The molecule has 7 heteroatoms. The average molecular weight is 352 g/mol.